The van der Waals surface area contributed by atoms with E-state index in [4.69, 9.17) is 0 Å². The van der Waals surface area contributed by atoms with E-state index in [1.807, 2.05) is 93.6 Å². The van der Waals surface area contributed by atoms with E-state index in [-0.39, 0.29) is 11.8 Å². The number of amides is 2. The normalized spacial score (nSPS) is 13.9. The Balaban J connectivity index is 1.76. The summed E-state index contributed by atoms with van der Waals surface area (Å²) in [5.74, 6) is -0.655. The van der Waals surface area contributed by atoms with Gasteiger partial charge in [0.15, 0.2) is 0 Å². The molecule has 0 atom stereocenters. The zero-order chi connectivity index (χ0) is 21.3. The minimum atomic E-state index is -0.344. The molecular weight excluding hydrogens is 392 g/mol. The van der Waals surface area contributed by atoms with Gasteiger partial charge in [-0.2, -0.15) is 0 Å². The first-order chi connectivity index (χ1) is 14.4. The second-order valence-corrected chi connectivity index (χ2v) is 8.49. The Morgan fingerprint density at radius 1 is 0.733 bits per heavy atom. The zero-order valence-corrected chi connectivity index (χ0v) is 17.9. The van der Waals surface area contributed by atoms with Gasteiger partial charge in [0.25, 0.3) is 11.8 Å². The fourth-order valence-electron chi connectivity index (χ4n) is 3.42. The number of carbonyl (C=O) groups excluding carboxylic acids is 2. The molecule has 1 N–H and O–H groups in total. The quantitative estimate of drug-likeness (QED) is 0.552. The molecule has 5 heteroatoms. The summed E-state index contributed by atoms with van der Waals surface area (Å²) < 4.78 is 0. The van der Waals surface area contributed by atoms with Crippen molar-refractivity contribution >= 4 is 35.0 Å². The summed E-state index contributed by atoms with van der Waals surface area (Å²) in [6.07, 6.45) is 0. The number of imide groups is 1. The van der Waals surface area contributed by atoms with Crippen molar-refractivity contribution in [3.8, 4) is 0 Å². The number of nitrogens with one attached hydrogen (secondary N) is 1. The topological polar surface area (TPSA) is 49.4 Å². The predicted molar refractivity (Wildman–Crippen MR) is 123 cm³/mol. The van der Waals surface area contributed by atoms with Crippen LogP contribution in [0.4, 0.5) is 11.4 Å². The molecule has 1 aliphatic rings. The first kappa shape index (κ1) is 20.0. The van der Waals surface area contributed by atoms with E-state index in [2.05, 4.69) is 5.32 Å². The zero-order valence-electron chi connectivity index (χ0n) is 17.1. The molecule has 0 fully saturated rings. The number of para-hydroxylation sites is 1. The van der Waals surface area contributed by atoms with Crippen molar-refractivity contribution < 1.29 is 9.59 Å². The molecule has 0 saturated heterocycles. The first-order valence-electron chi connectivity index (χ1n) is 9.70. The standard InChI is InChI=1S/C25H22N2O2S/c1-16-9-11-21(12-10-16)30-23-22(26-19-7-5-4-6-8-19)24(28)27(25(23)29)20-14-17(2)13-18(3)15-20/h4-15,26H,1-3H3. The highest BCUT2D eigenvalue weighted by atomic mass is 32.2. The number of anilines is 2. The van der Waals surface area contributed by atoms with Crippen LogP contribution in [0.1, 0.15) is 16.7 Å². The van der Waals surface area contributed by atoms with E-state index >= 15 is 0 Å². The van der Waals surface area contributed by atoms with Gasteiger partial charge < -0.3 is 5.32 Å². The van der Waals surface area contributed by atoms with Crippen LogP contribution >= 0.6 is 11.8 Å². The van der Waals surface area contributed by atoms with Crippen molar-refractivity contribution in [1.29, 1.82) is 0 Å². The van der Waals surface area contributed by atoms with E-state index < -0.39 is 0 Å². The number of aryl methyl sites for hydroxylation is 3. The lowest BCUT2D eigenvalue weighted by Crippen LogP contribution is -2.32. The van der Waals surface area contributed by atoms with Gasteiger partial charge in [0, 0.05) is 10.6 Å². The van der Waals surface area contributed by atoms with Crippen molar-refractivity contribution in [3.63, 3.8) is 0 Å². The lowest BCUT2D eigenvalue weighted by molar-refractivity contribution is -0.120. The highest BCUT2D eigenvalue weighted by Crippen LogP contribution is 2.38. The molecule has 0 bridgehead atoms. The van der Waals surface area contributed by atoms with Gasteiger partial charge in [-0.3, -0.25) is 9.59 Å². The average Bonchev–Trinajstić information content (AvgIpc) is 2.93. The fourth-order valence-corrected chi connectivity index (χ4v) is 4.35. The molecule has 0 saturated carbocycles. The van der Waals surface area contributed by atoms with E-state index in [0.29, 0.717) is 16.3 Å². The summed E-state index contributed by atoms with van der Waals surface area (Å²) in [5.41, 5.74) is 4.80. The monoisotopic (exact) mass is 414 g/mol. The highest BCUT2D eigenvalue weighted by Gasteiger charge is 2.40. The molecule has 30 heavy (non-hydrogen) atoms. The van der Waals surface area contributed by atoms with Crippen molar-refractivity contribution in [3.05, 3.63) is 100 Å². The molecule has 1 aliphatic heterocycles. The summed E-state index contributed by atoms with van der Waals surface area (Å²) in [6.45, 7) is 5.93. The maximum atomic E-state index is 13.4. The van der Waals surface area contributed by atoms with E-state index in [9.17, 15) is 9.59 Å². The molecule has 0 radical (unpaired) electrons. The van der Waals surface area contributed by atoms with Gasteiger partial charge in [-0.15, -0.1) is 0 Å². The Labute approximate surface area is 180 Å². The van der Waals surface area contributed by atoms with E-state index in [0.717, 1.165) is 27.3 Å². The second kappa shape index (κ2) is 8.20. The molecule has 3 aromatic rings. The Morgan fingerprint density at radius 2 is 1.37 bits per heavy atom. The van der Waals surface area contributed by atoms with Gasteiger partial charge in [0.2, 0.25) is 0 Å². The summed E-state index contributed by atoms with van der Waals surface area (Å²) in [4.78, 5) is 29.3. The molecule has 0 spiro atoms. The van der Waals surface area contributed by atoms with Crippen LogP contribution in [-0.2, 0) is 9.59 Å². The Hall–Kier alpha value is -3.31. The van der Waals surface area contributed by atoms with Crippen molar-refractivity contribution in [2.75, 3.05) is 10.2 Å². The number of benzene rings is 3. The molecule has 0 aromatic heterocycles. The number of carbonyl (C=O) groups is 2. The number of hydrogen-bond donors (Lipinski definition) is 1. The Bertz CT molecular complexity index is 1130. The molecule has 150 valence electrons. The van der Waals surface area contributed by atoms with Crippen LogP contribution in [0.5, 0.6) is 0 Å². The largest absolute Gasteiger partial charge is 0.350 e. The van der Waals surface area contributed by atoms with Crippen molar-refractivity contribution in [2.24, 2.45) is 0 Å². The second-order valence-electron chi connectivity index (χ2n) is 7.40. The van der Waals surface area contributed by atoms with E-state index in [1.165, 1.54) is 16.7 Å². The van der Waals surface area contributed by atoms with Gasteiger partial charge in [0.1, 0.15) is 10.6 Å². The summed E-state index contributed by atoms with van der Waals surface area (Å²) >= 11 is 1.31. The third-order valence-electron chi connectivity index (χ3n) is 4.79. The van der Waals surface area contributed by atoms with Crippen LogP contribution in [0, 0.1) is 20.8 Å². The summed E-state index contributed by atoms with van der Waals surface area (Å²) in [7, 11) is 0. The Kier molecular flexibility index (Phi) is 5.46. The van der Waals surface area contributed by atoms with Crippen molar-refractivity contribution in [1.82, 2.24) is 0 Å². The number of thioether (sulfide) groups is 1. The third-order valence-corrected chi connectivity index (χ3v) is 5.88. The number of nitrogens with zero attached hydrogens (tertiary/aromatic N) is 1. The molecule has 3 aromatic carbocycles. The maximum absolute atomic E-state index is 13.4. The minimum Gasteiger partial charge on any atom is -0.350 e. The number of hydrogen-bond acceptors (Lipinski definition) is 4. The lowest BCUT2D eigenvalue weighted by atomic mass is 10.1. The fraction of sp³-hybridized carbons (Fsp3) is 0.120. The molecular formula is C25H22N2O2S. The predicted octanol–water partition coefficient (Wildman–Crippen LogP) is 5.60. The molecule has 0 unspecified atom stereocenters. The van der Waals surface area contributed by atoms with Gasteiger partial charge in [-0.25, -0.2) is 4.90 Å². The van der Waals surface area contributed by atoms with Crippen LogP contribution in [0.15, 0.2) is 88.3 Å². The van der Waals surface area contributed by atoms with Crippen LogP contribution in [-0.4, -0.2) is 11.8 Å². The van der Waals surface area contributed by atoms with E-state index in [1.54, 1.807) is 0 Å². The van der Waals surface area contributed by atoms with Crippen LogP contribution in [0.25, 0.3) is 0 Å². The molecule has 1 heterocycles. The summed E-state index contributed by atoms with van der Waals surface area (Å²) in [6, 6.07) is 23.1. The molecule has 4 nitrogen and oxygen atoms in total. The van der Waals surface area contributed by atoms with Crippen LogP contribution in [0.3, 0.4) is 0 Å². The highest BCUT2D eigenvalue weighted by molar-refractivity contribution is 8.04. The van der Waals surface area contributed by atoms with Gasteiger partial charge >= 0.3 is 0 Å². The van der Waals surface area contributed by atoms with Crippen LogP contribution in [0.2, 0.25) is 0 Å². The lowest BCUT2D eigenvalue weighted by Gasteiger charge is -2.16. The van der Waals surface area contributed by atoms with Gasteiger partial charge in [0.05, 0.1) is 5.69 Å². The average molecular weight is 415 g/mol. The number of rotatable bonds is 5. The van der Waals surface area contributed by atoms with Crippen molar-refractivity contribution in [2.45, 2.75) is 25.7 Å². The first-order valence-corrected chi connectivity index (χ1v) is 10.5. The molecule has 0 aliphatic carbocycles. The third kappa shape index (κ3) is 4.02. The van der Waals surface area contributed by atoms with Gasteiger partial charge in [-0.05, 0) is 68.3 Å². The minimum absolute atomic E-state index is 0.302. The smallest absolute Gasteiger partial charge is 0.283 e. The Morgan fingerprint density at radius 3 is 2.00 bits per heavy atom. The SMILES string of the molecule is Cc1ccc(SC2=C(Nc3ccccc3)C(=O)N(c3cc(C)cc(C)c3)C2=O)cc1. The van der Waals surface area contributed by atoms with Crippen LogP contribution < -0.4 is 10.2 Å². The van der Waals surface area contributed by atoms with Gasteiger partial charge in [-0.1, -0.05) is 53.7 Å². The summed E-state index contributed by atoms with van der Waals surface area (Å²) in [5, 5.41) is 3.18. The maximum Gasteiger partial charge on any atom is 0.283 e. The molecule has 2 amide bonds. The molecule has 4 rings (SSSR count).